The average Bonchev–Trinajstić information content (AvgIpc) is 2.68. The lowest BCUT2D eigenvalue weighted by atomic mass is 10.4. The Morgan fingerprint density at radius 1 is 0.615 bits per heavy atom. The first-order chi connectivity index (χ1) is 12.3. The second kappa shape index (κ2) is 16.0. The van der Waals surface area contributed by atoms with Crippen LogP contribution in [0.15, 0.2) is 0 Å². The number of hydrogen-bond donors (Lipinski definition) is 0. The molecule has 0 aromatic heterocycles. The van der Waals surface area contributed by atoms with Crippen molar-refractivity contribution in [1.29, 1.82) is 0 Å². The molecule has 0 aliphatic carbocycles. The molecule has 0 amide bonds. The van der Waals surface area contributed by atoms with Crippen molar-refractivity contribution < 1.29 is 28.4 Å². The van der Waals surface area contributed by atoms with Crippen LogP contribution in [0.5, 0.6) is 0 Å². The molecule has 0 aromatic rings. The normalized spacial score (nSPS) is 15.5. The van der Waals surface area contributed by atoms with Crippen LogP contribution in [0.4, 0.5) is 0 Å². The summed E-state index contributed by atoms with van der Waals surface area (Å²) in [5, 5.41) is 0. The molecule has 0 saturated heterocycles. The van der Waals surface area contributed by atoms with Crippen LogP contribution in [0, 0.1) is 0 Å². The predicted molar refractivity (Wildman–Crippen MR) is 130 cm³/mol. The first-order valence-corrected chi connectivity index (χ1v) is 17.2. The lowest BCUT2D eigenvalue weighted by Gasteiger charge is -2.30. The number of ether oxygens (including phenoxy) is 6. The van der Waals surface area contributed by atoms with Gasteiger partial charge in [0.05, 0.1) is 20.5 Å². The third-order valence-corrected chi connectivity index (χ3v) is 17.3. The molecular weight excluding hydrogens is 489 g/mol. The summed E-state index contributed by atoms with van der Waals surface area (Å²) in [5.41, 5.74) is -0.963. The summed E-state index contributed by atoms with van der Waals surface area (Å²) >= 11 is 0. The van der Waals surface area contributed by atoms with E-state index in [1.807, 2.05) is 0 Å². The molecule has 0 N–H and O–H groups in total. The van der Waals surface area contributed by atoms with Gasteiger partial charge < -0.3 is 28.4 Å². The Kier molecular flexibility index (Phi) is 17.5. The minimum Gasteiger partial charge on any atom is -0.370 e. The Morgan fingerprint density at radius 3 is 1.15 bits per heavy atom. The average molecular weight is 519 g/mol. The van der Waals surface area contributed by atoms with Gasteiger partial charge in [-0.05, 0) is 60.9 Å². The van der Waals surface area contributed by atoms with Crippen LogP contribution < -0.4 is 0 Å². The van der Waals surface area contributed by atoms with Gasteiger partial charge in [0.15, 0.2) is 0 Å². The predicted octanol–water partition coefficient (Wildman–Crippen LogP) is 2.31. The highest BCUT2D eigenvalue weighted by molar-refractivity contribution is 9.41. The second-order valence-corrected chi connectivity index (χ2v) is 18.0. The molecule has 0 saturated carbocycles. The summed E-state index contributed by atoms with van der Waals surface area (Å²) in [6.07, 6.45) is 1.41. The maximum absolute atomic E-state index is 5.52. The fraction of sp³-hybridized carbons (Fsp3) is 1.00. The highest BCUT2D eigenvalue weighted by Gasteiger charge is 2.29. The van der Waals surface area contributed by atoms with Crippen LogP contribution in [0.3, 0.4) is 0 Å². The van der Waals surface area contributed by atoms with Crippen LogP contribution in [0.2, 0.25) is 0 Å². The van der Waals surface area contributed by atoms with Crippen molar-refractivity contribution in [2.75, 3.05) is 42.7 Å². The number of methoxy groups -OCH3 is 6. The fourth-order valence-electron chi connectivity index (χ4n) is 1.56. The van der Waals surface area contributed by atoms with E-state index >= 15 is 0 Å². The van der Waals surface area contributed by atoms with E-state index in [0.717, 1.165) is 20.5 Å². The molecule has 0 aromatic carbocycles. The van der Waals surface area contributed by atoms with E-state index < -0.39 is 10.8 Å². The molecule has 158 valence electrons. The third kappa shape index (κ3) is 12.1. The maximum Gasteiger partial charge on any atom is 0.144 e. The van der Waals surface area contributed by atoms with Gasteiger partial charge in [0, 0.05) is 55.5 Å². The van der Waals surface area contributed by atoms with Crippen LogP contribution >= 0.6 is 60.9 Å². The van der Waals surface area contributed by atoms with Crippen molar-refractivity contribution in [3.05, 3.63) is 0 Å². The number of rotatable bonds is 17. The Labute approximate surface area is 186 Å². The van der Waals surface area contributed by atoms with Crippen molar-refractivity contribution >= 4 is 81.4 Å². The molecule has 0 fully saturated rings. The first-order valence-electron chi connectivity index (χ1n) is 7.57. The van der Waals surface area contributed by atoms with Crippen molar-refractivity contribution in [3.8, 4) is 0 Å². The SMILES string of the molecule is COC(CC([SiH3])(OC)OC)SSSSSSC(CC([SiH3])(OC)OC)OC. The molecule has 0 spiro atoms. The summed E-state index contributed by atoms with van der Waals surface area (Å²) in [6, 6.07) is 0. The topological polar surface area (TPSA) is 55.4 Å². The van der Waals surface area contributed by atoms with Gasteiger partial charge in [-0.25, -0.2) is 0 Å². The molecule has 0 aliphatic heterocycles. The lowest BCUT2D eigenvalue weighted by molar-refractivity contribution is -0.155. The summed E-state index contributed by atoms with van der Waals surface area (Å²) < 4.78 is 32.8. The summed E-state index contributed by atoms with van der Waals surface area (Å²) in [4.78, 5) is 0. The lowest BCUT2D eigenvalue weighted by Crippen LogP contribution is -2.37. The molecule has 0 heterocycles. The highest BCUT2D eigenvalue weighted by atomic mass is 33.9. The Hall–Kier alpha value is 2.29. The van der Waals surface area contributed by atoms with E-state index in [1.54, 1.807) is 104 Å². The number of hydrogen-bond acceptors (Lipinski definition) is 12. The van der Waals surface area contributed by atoms with Crippen molar-refractivity contribution in [2.45, 2.75) is 34.5 Å². The van der Waals surface area contributed by atoms with Crippen LogP contribution in [0.1, 0.15) is 12.8 Å². The smallest absolute Gasteiger partial charge is 0.144 e. The van der Waals surface area contributed by atoms with Gasteiger partial charge in [0.2, 0.25) is 0 Å². The van der Waals surface area contributed by atoms with E-state index in [2.05, 4.69) is 0 Å². The summed E-state index contributed by atoms with van der Waals surface area (Å²) in [7, 11) is 21.8. The van der Waals surface area contributed by atoms with Crippen molar-refractivity contribution in [3.63, 3.8) is 0 Å². The van der Waals surface area contributed by atoms with E-state index in [0.29, 0.717) is 12.8 Å². The molecule has 2 atom stereocenters. The van der Waals surface area contributed by atoms with Crippen LogP contribution in [-0.4, -0.2) is 84.8 Å². The van der Waals surface area contributed by atoms with Gasteiger partial charge >= 0.3 is 0 Å². The van der Waals surface area contributed by atoms with Crippen LogP contribution in [0.25, 0.3) is 0 Å². The van der Waals surface area contributed by atoms with E-state index in [9.17, 15) is 0 Å². The minimum atomic E-state index is -0.499. The van der Waals surface area contributed by atoms with Gasteiger partial charge in [-0.15, -0.1) is 0 Å². The standard InChI is InChI=1S/C12H30O6S6Si2/c1-13-9(7-11(25,15-3)16-4)19-21-23-24-22-20-10(14-2)8-12(26,17-5)18-6/h9-10H,7-8H2,1-6,25-26H3. The molecule has 0 bridgehead atoms. The summed E-state index contributed by atoms with van der Waals surface area (Å²) in [6.45, 7) is 0. The van der Waals surface area contributed by atoms with E-state index in [-0.39, 0.29) is 10.9 Å². The fourth-order valence-corrected chi connectivity index (χ4v) is 15.0. The minimum absolute atomic E-state index is 0.0175. The Balaban J connectivity index is 4.03. The molecular formula is C12H30O6S6Si2. The van der Waals surface area contributed by atoms with E-state index in [4.69, 9.17) is 28.4 Å². The third-order valence-electron chi connectivity index (χ3n) is 3.70. The van der Waals surface area contributed by atoms with E-state index in [1.165, 1.54) is 0 Å². The molecule has 0 rings (SSSR count). The quantitative estimate of drug-likeness (QED) is 0.123. The maximum atomic E-state index is 5.52. The van der Waals surface area contributed by atoms with Gasteiger partial charge in [-0.1, -0.05) is 0 Å². The summed E-state index contributed by atoms with van der Waals surface area (Å²) in [5.74, 6) is 0. The first kappa shape index (κ1) is 28.3. The molecule has 0 radical (unpaired) electrons. The highest BCUT2D eigenvalue weighted by Crippen LogP contribution is 2.55. The second-order valence-electron chi connectivity index (χ2n) is 5.29. The van der Waals surface area contributed by atoms with Crippen molar-refractivity contribution in [1.82, 2.24) is 0 Å². The monoisotopic (exact) mass is 518 g/mol. The molecule has 0 aliphatic rings. The Bertz CT molecular complexity index is 322. The molecule has 14 heteroatoms. The van der Waals surface area contributed by atoms with Gasteiger partial charge in [0.25, 0.3) is 0 Å². The Morgan fingerprint density at radius 2 is 0.923 bits per heavy atom. The van der Waals surface area contributed by atoms with Crippen molar-refractivity contribution in [2.24, 2.45) is 0 Å². The van der Waals surface area contributed by atoms with Gasteiger partial charge in [0.1, 0.15) is 21.7 Å². The van der Waals surface area contributed by atoms with Gasteiger partial charge in [-0.2, -0.15) is 0 Å². The molecule has 26 heavy (non-hydrogen) atoms. The van der Waals surface area contributed by atoms with Gasteiger partial charge in [-0.3, -0.25) is 0 Å². The van der Waals surface area contributed by atoms with Crippen LogP contribution in [-0.2, 0) is 28.4 Å². The zero-order valence-corrected chi connectivity index (χ0v) is 25.4. The largest absolute Gasteiger partial charge is 0.370 e. The molecule has 2 unspecified atom stereocenters. The molecule has 6 nitrogen and oxygen atoms in total. The zero-order valence-electron chi connectivity index (χ0n) is 16.5. The zero-order chi connectivity index (χ0) is 20.1.